The maximum Gasteiger partial charge on any atom is 1.00 e. The zero-order chi connectivity index (χ0) is 7.40. The van der Waals surface area contributed by atoms with Gasteiger partial charge in [-0.05, 0) is 12.8 Å². The van der Waals surface area contributed by atoms with E-state index in [1.807, 2.05) is 0 Å². The van der Waals surface area contributed by atoms with E-state index in [4.69, 9.17) is 0 Å². The van der Waals surface area contributed by atoms with Gasteiger partial charge in [0.05, 0.1) is 0 Å². The van der Waals surface area contributed by atoms with Gasteiger partial charge in [-0.25, -0.2) is 18.6 Å². The molecule has 0 bridgehead atoms. The zero-order valence-corrected chi connectivity index (χ0v) is 7.80. The molecule has 0 heterocycles. The van der Waals surface area contributed by atoms with Crippen LogP contribution in [-0.4, -0.2) is 12.1 Å². The molecule has 1 N–H and O–H groups in total. The van der Waals surface area contributed by atoms with Crippen LogP contribution in [0.3, 0.4) is 0 Å². The quantitative estimate of drug-likeness (QED) is 0.391. The summed E-state index contributed by atoms with van der Waals surface area (Å²) in [6, 6.07) is 1.26. The van der Waals surface area contributed by atoms with Crippen molar-refractivity contribution >= 4 is 0 Å². The van der Waals surface area contributed by atoms with Crippen LogP contribution in [-0.2, 0) is 0 Å². The SMILES string of the molecule is CCC(CC)NC1C=C[CH-]1.[Li+]. The average Bonchev–Trinajstić information content (AvgIpc) is 1.87. The summed E-state index contributed by atoms with van der Waals surface area (Å²) in [4.78, 5) is 0. The van der Waals surface area contributed by atoms with Gasteiger partial charge < -0.3 is 5.32 Å². The summed E-state index contributed by atoms with van der Waals surface area (Å²) in [6.07, 6.45) is 8.94. The van der Waals surface area contributed by atoms with Crippen molar-refractivity contribution in [1.82, 2.24) is 5.32 Å². The molecule has 0 aromatic carbocycles. The minimum Gasteiger partial charge on any atom is -0.336 e. The molecule has 1 aliphatic rings. The Morgan fingerprint density at radius 3 is 2.27 bits per heavy atom. The molecule has 0 aliphatic heterocycles. The van der Waals surface area contributed by atoms with Crippen LogP contribution in [0.5, 0.6) is 0 Å². The summed E-state index contributed by atoms with van der Waals surface area (Å²) >= 11 is 0. The molecule has 1 nitrogen and oxygen atoms in total. The van der Waals surface area contributed by atoms with Crippen LogP contribution in [0.1, 0.15) is 26.7 Å². The van der Waals surface area contributed by atoms with E-state index in [1.165, 1.54) is 12.8 Å². The standard InChI is InChI=1S/C9H16N.Li/c1-3-8(4-2)10-9-6-5-7-9;/h5-10H,3-4H2,1-2H3;/q-1;+1. The van der Waals surface area contributed by atoms with Gasteiger partial charge in [0.2, 0.25) is 0 Å². The summed E-state index contributed by atoms with van der Waals surface area (Å²) in [7, 11) is 0. The minimum absolute atomic E-state index is 0. The fraction of sp³-hybridized carbons (Fsp3) is 0.667. The molecule has 0 amide bonds. The van der Waals surface area contributed by atoms with Gasteiger partial charge in [-0.1, -0.05) is 19.9 Å². The molecule has 58 valence electrons. The maximum absolute atomic E-state index is 3.51. The molecule has 1 aliphatic carbocycles. The first-order chi connectivity index (χ1) is 4.86. The molecule has 0 saturated heterocycles. The molecular formula is C9H16LiN. The molecule has 0 saturated carbocycles. The van der Waals surface area contributed by atoms with E-state index >= 15 is 0 Å². The van der Waals surface area contributed by atoms with Crippen LogP contribution in [0.2, 0.25) is 0 Å². The van der Waals surface area contributed by atoms with Crippen LogP contribution in [0.15, 0.2) is 12.2 Å². The van der Waals surface area contributed by atoms with Crippen LogP contribution in [0.4, 0.5) is 0 Å². The molecule has 1 rings (SSSR count). The van der Waals surface area contributed by atoms with E-state index in [-0.39, 0.29) is 18.9 Å². The van der Waals surface area contributed by atoms with Crippen molar-refractivity contribution in [2.24, 2.45) is 0 Å². The summed E-state index contributed by atoms with van der Waals surface area (Å²) < 4.78 is 0. The summed E-state index contributed by atoms with van der Waals surface area (Å²) in [5.41, 5.74) is 0. The van der Waals surface area contributed by atoms with E-state index in [0.29, 0.717) is 12.1 Å². The molecule has 0 aromatic rings. The second-order valence-electron chi connectivity index (χ2n) is 2.78. The monoisotopic (exact) mass is 145 g/mol. The number of rotatable bonds is 4. The summed E-state index contributed by atoms with van der Waals surface area (Å²) in [6.45, 7) is 4.45. The van der Waals surface area contributed by atoms with E-state index in [2.05, 4.69) is 37.7 Å². The van der Waals surface area contributed by atoms with E-state index in [0.717, 1.165) is 0 Å². The molecular weight excluding hydrogens is 129 g/mol. The second-order valence-corrected chi connectivity index (χ2v) is 2.78. The van der Waals surface area contributed by atoms with Crippen molar-refractivity contribution in [2.75, 3.05) is 0 Å². The van der Waals surface area contributed by atoms with Gasteiger partial charge in [0.15, 0.2) is 0 Å². The minimum atomic E-state index is 0. The smallest absolute Gasteiger partial charge is 0.336 e. The predicted molar refractivity (Wildman–Crippen MR) is 44.7 cm³/mol. The van der Waals surface area contributed by atoms with Gasteiger partial charge in [0, 0.05) is 6.04 Å². The van der Waals surface area contributed by atoms with Crippen molar-refractivity contribution < 1.29 is 18.9 Å². The average molecular weight is 145 g/mol. The number of hydrogen-bond donors (Lipinski definition) is 1. The first kappa shape index (κ1) is 11.2. The summed E-state index contributed by atoms with van der Waals surface area (Å²) in [5.74, 6) is 0. The van der Waals surface area contributed by atoms with Crippen molar-refractivity contribution in [2.45, 2.75) is 38.8 Å². The number of hydrogen-bond acceptors (Lipinski definition) is 1. The molecule has 1 atom stereocenters. The van der Waals surface area contributed by atoms with Crippen LogP contribution in [0, 0.1) is 6.42 Å². The van der Waals surface area contributed by atoms with Gasteiger partial charge in [-0.15, -0.1) is 0 Å². The molecule has 0 aromatic heterocycles. The fourth-order valence-electron chi connectivity index (χ4n) is 1.13. The molecule has 0 spiro atoms. The third-order valence-corrected chi connectivity index (χ3v) is 2.05. The van der Waals surface area contributed by atoms with Crippen molar-refractivity contribution in [1.29, 1.82) is 0 Å². The Labute approximate surface area is 81.8 Å². The van der Waals surface area contributed by atoms with Crippen LogP contribution in [0.25, 0.3) is 0 Å². The molecule has 0 radical (unpaired) electrons. The van der Waals surface area contributed by atoms with Crippen LogP contribution >= 0.6 is 0 Å². The van der Waals surface area contributed by atoms with Gasteiger partial charge >= 0.3 is 18.9 Å². The molecule has 0 fully saturated rings. The second kappa shape index (κ2) is 5.77. The van der Waals surface area contributed by atoms with Crippen molar-refractivity contribution in [3.05, 3.63) is 18.6 Å². The largest absolute Gasteiger partial charge is 1.00 e. The topological polar surface area (TPSA) is 12.0 Å². The van der Waals surface area contributed by atoms with E-state index in [1.54, 1.807) is 0 Å². The molecule has 11 heavy (non-hydrogen) atoms. The number of nitrogens with one attached hydrogen (secondary N) is 1. The van der Waals surface area contributed by atoms with Crippen molar-refractivity contribution in [3.8, 4) is 0 Å². The molecule has 1 unspecified atom stereocenters. The third kappa shape index (κ3) is 3.38. The zero-order valence-electron chi connectivity index (χ0n) is 7.80. The summed E-state index contributed by atoms with van der Waals surface area (Å²) in [5, 5.41) is 3.51. The van der Waals surface area contributed by atoms with E-state index < -0.39 is 0 Å². The van der Waals surface area contributed by atoms with Gasteiger partial charge in [-0.3, -0.25) is 0 Å². The Hall–Kier alpha value is 0.167. The van der Waals surface area contributed by atoms with Crippen LogP contribution < -0.4 is 24.2 Å². The Kier molecular flexibility index (Phi) is 5.86. The van der Waals surface area contributed by atoms with Crippen molar-refractivity contribution in [3.63, 3.8) is 0 Å². The first-order valence-corrected chi connectivity index (χ1v) is 4.14. The molecule has 2 heteroatoms. The Bertz CT molecular complexity index is 119. The Morgan fingerprint density at radius 2 is 2.00 bits per heavy atom. The van der Waals surface area contributed by atoms with Gasteiger partial charge in [-0.2, -0.15) is 0 Å². The fourth-order valence-corrected chi connectivity index (χ4v) is 1.13. The Morgan fingerprint density at radius 1 is 1.45 bits per heavy atom. The van der Waals surface area contributed by atoms with Gasteiger partial charge in [0.25, 0.3) is 0 Å². The third-order valence-electron chi connectivity index (χ3n) is 2.05. The Balaban J connectivity index is 0.000001000. The maximum atomic E-state index is 3.51. The van der Waals surface area contributed by atoms with E-state index in [9.17, 15) is 0 Å². The normalized spacial score (nSPS) is 20.5. The predicted octanol–water partition coefficient (Wildman–Crippen LogP) is -1.09. The first-order valence-electron chi connectivity index (χ1n) is 4.14. The van der Waals surface area contributed by atoms with Gasteiger partial charge in [0.1, 0.15) is 0 Å².